The van der Waals surface area contributed by atoms with Crippen LogP contribution in [0, 0.1) is 10.1 Å². The van der Waals surface area contributed by atoms with E-state index in [1.165, 1.54) is 18.3 Å². The summed E-state index contributed by atoms with van der Waals surface area (Å²) in [7, 11) is 0. The van der Waals surface area contributed by atoms with Gasteiger partial charge in [-0.25, -0.2) is 4.98 Å². The van der Waals surface area contributed by atoms with Crippen molar-refractivity contribution in [3.05, 3.63) is 28.4 Å². The average Bonchev–Trinajstić information content (AvgIpc) is 2.15. The molecule has 0 amide bonds. The number of nitrogens with zero attached hydrogens (tertiary/aromatic N) is 2. The Morgan fingerprint density at radius 3 is 2.73 bits per heavy atom. The van der Waals surface area contributed by atoms with E-state index in [0.29, 0.717) is 6.54 Å². The van der Waals surface area contributed by atoms with Crippen LogP contribution in [0.3, 0.4) is 0 Å². The van der Waals surface area contributed by atoms with E-state index in [9.17, 15) is 10.1 Å². The molecule has 1 aromatic rings. The van der Waals surface area contributed by atoms with Crippen LogP contribution in [0.1, 0.15) is 0 Å². The zero-order valence-corrected chi connectivity index (χ0v) is 9.29. The number of halogens is 2. The van der Waals surface area contributed by atoms with Crippen molar-refractivity contribution in [1.82, 2.24) is 4.98 Å². The molecule has 1 heterocycles. The first kappa shape index (κ1) is 16.3. The van der Waals surface area contributed by atoms with Crippen molar-refractivity contribution in [3.63, 3.8) is 0 Å². The third kappa shape index (κ3) is 4.78. The van der Waals surface area contributed by atoms with Crippen LogP contribution in [0.2, 0.25) is 0 Å². The summed E-state index contributed by atoms with van der Waals surface area (Å²) in [6.45, 7) is 0.519. The highest BCUT2D eigenvalue weighted by Crippen LogP contribution is 2.22. The summed E-state index contributed by atoms with van der Waals surface area (Å²) >= 11 is 0. The van der Waals surface area contributed by atoms with Crippen molar-refractivity contribution >= 4 is 30.5 Å². The number of ether oxygens (including phenoxy) is 1. The Hall–Kier alpha value is -1.11. The maximum atomic E-state index is 10.4. The molecule has 1 rings (SSSR count). The van der Waals surface area contributed by atoms with Crippen LogP contribution < -0.4 is 10.5 Å². The van der Waals surface area contributed by atoms with Crippen LogP contribution in [-0.2, 0) is 0 Å². The van der Waals surface area contributed by atoms with Crippen molar-refractivity contribution in [2.24, 2.45) is 5.73 Å². The lowest BCUT2D eigenvalue weighted by Gasteiger charge is -2.02. The number of rotatable bonds is 4. The summed E-state index contributed by atoms with van der Waals surface area (Å²) in [5.74, 6) is 0.0120. The smallest absolute Gasteiger partial charge is 0.330 e. The largest absolute Gasteiger partial charge is 0.471 e. The van der Waals surface area contributed by atoms with E-state index in [1.807, 2.05) is 0 Å². The van der Waals surface area contributed by atoms with Crippen LogP contribution in [0.25, 0.3) is 0 Å². The molecule has 6 nitrogen and oxygen atoms in total. The summed E-state index contributed by atoms with van der Waals surface area (Å²) in [6, 6.07) is 2.81. The number of aromatic nitrogens is 1. The molecule has 0 saturated carbocycles. The zero-order valence-electron chi connectivity index (χ0n) is 7.66. The predicted molar refractivity (Wildman–Crippen MR) is 59.9 cm³/mol. The third-order valence-electron chi connectivity index (χ3n) is 1.30. The zero-order chi connectivity index (χ0) is 9.68. The highest BCUT2D eigenvalue weighted by Gasteiger charge is 2.14. The molecule has 86 valence electrons. The van der Waals surface area contributed by atoms with Crippen LogP contribution in [-0.4, -0.2) is 23.1 Å². The molecule has 0 aromatic carbocycles. The fourth-order valence-corrected chi connectivity index (χ4v) is 0.788. The topological polar surface area (TPSA) is 91.3 Å². The Bertz CT molecular complexity index is 311. The molecule has 8 heteroatoms. The van der Waals surface area contributed by atoms with E-state index >= 15 is 0 Å². The molecule has 0 spiro atoms. The van der Waals surface area contributed by atoms with Crippen LogP contribution in [0.15, 0.2) is 18.3 Å². The number of hydrogen-bond acceptors (Lipinski definition) is 5. The fourth-order valence-electron chi connectivity index (χ4n) is 0.788. The van der Waals surface area contributed by atoms with Gasteiger partial charge in [0.05, 0.1) is 4.92 Å². The van der Waals surface area contributed by atoms with Gasteiger partial charge in [0.15, 0.2) is 0 Å². The van der Waals surface area contributed by atoms with E-state index in [1.54, 1.807) is 0 Å². The van der Waals surface area contributed by atoms with Gasteiger partial charge < -0.3 is 10.5 Å². The van der Waals surface area contributed by atoms with Gasteiger partial charge in [0.2, 0.25) is 0 Å². The molecule has 0 aliphatic heterocycles. The lowest BCUT2D eigenvalue weighted by molar-refractivity contribution is -0.386. The predicted octanol–water partition coefficient (Wildman–Crippen LogP) is 1.17. The molecule has 0 atom stereocenters. The highest BCUT2D eigenvalue weighted by atomic mass is 35.5. The Balaban J connectivity index is 0. The third-order valence-corrected chi connectivity index (χ3v) is 1.30. The van der Waals surface area contributed by atoms with Crippen LogP contribution in [0.4, 0.5) is 5.69 Å². The molecule has 0 aliphatic carbocycles. The Morgan fingerprint density at radius 1 is 1.53 bits per heavy atom. The van der Waals surface area contributed by atoms with Gasteiger partial charge in [0, 0.05) is 18.8 Å². The van der Waals surface area contributed by atoms with Crippen molar-refractivity contribution in [2.45, 2.75) is 0 Å². The Kier molecular flexibility index (Phi) is 8.94. The van der Waals surface area contributed by atoms with E-state index in [0.717, 1.165) is 0 Å². The normalized spacial score (nSPS) is 8.33. The van der Waals surface area contributed by atoms with Crippen LogP contribution >= 0.6 is 24.8 Å². The SMILES string of the molecule is Cl.Cl.NCCOc1ncccc1[N+](=O)[O-]. The Morgan fingerprint density at radius 2 is 2.20 bits per heavy atom. The molecule has 0 unspecified atom stereocenters. The molecule has 2 N–H and O–H groups in total. The number of pyridine rings is 1. The van der Waals surface area contributed by atoms with E-state index < -0.39 is 4.92 Å². The lowest BCUT2D eigenvalue weighted by Crippen LogP contribution is -2.12. The quantitative estimate of drug-likeness (QED) is 0.644. The van der Waals surface area contributed by atoms with Gasteiger partial charge in [0.25, 0.3) is 5.88 Å². The van der Waals surface area contributed by atoms with Gasteiger partial charge in [0.1, 0.15) is 6.61 Å². The summed E-state index contributed by atoms with van der Waals surface area (Å²) in [5, 5.41) is 10.4. The Labute approximate surface area is 98.8 Å². The van der Waals surface area contributed by atoms with Gasteiger partial charge in [-0.15, -0.1) is 24.8 Å². The van der Waals surface area contributed by atoms with Gasteiger partial charge in [-0.2, -0.15) is 0 Å². The summed E-state index contributed by atoms with van der Waals surface area (Å²) in [4.78, 5) is 13.6. The first-order valence-corrected chi connectivity index (χ1v) is 3.68. The number of nitro groups is 1. The molecular formula is C7H11Cl2N3O3. The molecule has 0 aliphatic rings. The van der Waals surface area contributed by atoms with Gasteiger partial charge >= 0.3 is 5.69 Å². The van der Waals surface area contributed by atoms with Crippen molar-refractivity contribution in [1.29, 1.82) is 0 Å². The first-order valence-electron chi connectivity index (χ1n) is 3.68. The van der Waals surface area contributed by atoms with Crippen molar-refractivity contribution < 1.29 is 9.66 Å². The van der Waals surface area contributed by atoms with Crippen molar-refractivity contribution in [2.75, 3.05) is 13.2 Å². The second kappa shape index (κ2) is 8.22. The van der Waals surface area contributed by atoms with Crippen molar-refractivity contribution in [3.8, 4) is 5.88 Å². The molecule has 15 heavy (non-hydrogen) atoms. The fraction of sp³-hybridized carbons (Fsp3) is 0.286. The minimum absolute atomic E-state index is 0. The minimum Gasteiger partial charge on any atom is -0.471 e. The molecule has 1 aromatic heterocycles. The monoisotopic (exact) mass is 255 g/mol. The second-order valence-corrected chi connectivity index (χ2v) is 2.22. The minimum atomic E-state index is -0.543. The molecule has 0 saturated heterocycles. The van der Waals surface area contributed by atoms with Crippen LogP contribution in [0.5, 0.6) is 5.88 Å². The number of hydrogen-bond donors (Lipinski definition) is 1. The standard InChI is InChI=1S/C7H9N3O3.2ClH/c8-3-5-13-7-6(10(11)12)2-1-4-9-7;;/h1-2,4H,3,5,8H2;2*1H. The first-order chi connectivity index (χ1) is 6.25. The lowest BCUT2D eigenvalue weighted by atomic mass is 10.4. The van der Waals surface area contributed by atoms with E-state index in [4.69, 9.17) is 10.5 Å². The molecule has 0 fully saturated rings. The maximum Gasteiger partial charge on any atom is 0.330 e. The molecule has 0 radical (unpaired) electrons. The summed E-state index contributed by atoms with van der Waals surface area (Å²) < 4.78 is 4.97. The van der Waals surface area contributed by atoms with Gasteiger partial charge in [-0.1, -0.05) is 0 Å². The molecule has 0 bridgehead atoms. The van der Waals surface area contributed by atoms with Gasteiger partial charge in [-0.05, 0) is 6.07 Å². The van der Waals surface area contributed by atoms with E-state index in [2.05, 4.69) is 4.98 Å². The van der Waals surface area contributed by atoms with E-state index in [-0.39, 0.29) is 43.0 Å². The maximum absolute atomic E-state index is 10.4. The average molecular weight is 256 g/mol. The van der Waals surface area contributed by atoms with Gasteiger partial charge in [-0.3, -0.25) is 10.1 Å². The summed E-state index contributed by atoms with van der Waals surface area (Å²) in [6.07, 6.45) is 1.43. The molecular weight excluding hydrogens is 245 g/mol. The number of nitrogens with two attached hydrogens (primary N) is 1. The highest BCUT2D eigenvalue weighted by molar-refractivity contribution is 5.85. The summed E-state index contributed by atoms with van der Waals surface area (Å²) in [5.41, 5.74) is 5.04. The second-order valence-electron chi connectivity index (χ2n) is 2.22.